The van der Waals surface area contributed by atoms with Gasteiger partial charge in [0.05, 0.1) is 61.2 Å². The summed E-state index contributed by atoms with van der Waals surface area (Å²) in [4.78, 5) is 16.7. The van der Waals surface area contributed by atoms with Gasteiger partial charge in [-0.05, 0) is 64.8 Å². The molecule has 8 atom stereocenters. The zero-order valence-electron chi connectivity index (χ0n) is 41.3. The van der Waals surface area contributed by atoms with E-state index in [0.717, 1.165) is 0 Å². The van der Waals surface area contributed by atoms with Crippen LogP contribution in [0.1, 0.15) is 101 Å². The molecule has 8 rings (SSSR count). The number of sulfonamides is 2. The Balaban J connectivity index is 0.000000211. The van der Waals surface area contributed by atoms with Gasteiger partial charge in [0, 0.05) is 61.7 Å². The van der Waals surface area contributed by atoms with Crippen LogP contribution in [-0.2, 0) is 29.5 Å². The molecule has 2 N–H and O–H groups in total. The number of aromatic nitrogens is 10. The minimum Gasteiger partial charge on any atom is -0.494 e. The lowest BCUT2D eigenvalue weighted by Gasteiger charge is -2.22. The third-order valence-corrected chi connectivity index (χ3v) is 17.1. The van der Waals surface area contributed by atoms with Crippen LogP contribution in [0.4, 0.5) is 11.9 Å². The van der Waals surface area contributed by atoms with Crippen LogP contribution in [0.25, 0.3) is 11.4 Å². The zero-order chi connectivity index (χ0) is 52.1. The molecule has 388 valence electrons. The molecule has 0 bridgehead atoms. The van der Waals surface area contributed by atoms with Crippen molar-refractivity contribution in [2.24, 2.45) is 0 Å². The molecule has 72 heavy (non-hydrogen) atoms. The minimum absolute atomic E-state index is 0.0166. The summed E-state index contributed by atoms with van der Waals surface area (Å²) in [6.45, 7) is 11.7. The largest absolute Gasteiger partial charge is 0.494 e. The third-order valence-electron chi connectivity index (χ3n) is 13.0. The van der Waals surface area contributed by atoms with Crippen molar-refractivity contribution in [1.82, 2.24) is 49.5 Å². The summed E-state index contributed by atoms with van der Waals surface area (Å²) >= 11 is 11.8. The molecule has 22 nitrogen and oxygen atoms in total. The maximum atomic E-state index is 13.5. The standard InChI is InChI=1S/2C23H29ClN6O5S/c2*1-13(21-25-11-16(24)12-26-21)15(3)36(31,32)29-23-28-27-22(17-9-10-35-14(17)2)30(23)20-18(33-4)7-6-8-19(20)34-5/h2*6-8,11-15,17H,9-10H2,1-5H3,(H,28,29)/t13-,14+,15-,17+;13-,14-,15-,17-/m00/s1. The van der Waals surface area contributed by atoms with Crippen LogP contribution in [0.3, 0.4) is 0 Å². The van der Waals surface area contributed by atoms with Gasteiger partial charge in [0.15, 0.2) is 0 Å². The van der Waals surface area contributed by atoms with Gasteiger partial charge in [-0.2, -0.15) is 0 Å². The van der Waals surface area contributed by atoms with Crippen LogP contribution in [0.2, 0.25) is 10.0 Å². The van der Waals surface area contributed by atoms with Gasteiger partial charge in [0.2, 0.25) is 31.9 Å². The van der Waals surface area contributed by atoms with E-state index in [9.17, 15) is 16.8 Å². The summed E-state index contributed by atoms with van der Waals surface area (Å²) in [5.74, 6) is 2.46. The first kappa shape index (κ1) is 53.9. The van der Waals surface area contributed by atoms with Crippen LogP contribution in [0.5, 0.6) is 23.0 Å². The van der Waals surface area contributed by atoms with Gasteiger partial charge in [-0.3, -0.25) is 18.6 Å². The van der Waals surface area contributed by atoms with Crippen LogP contribution >= 0.6 is 23.2 Å². The molecule has 6 aromatic rings. The number of hydrogen-bond donors (Lipinski definition) is 2. The van der Waals surface area contributed by atoms with E-state index in [2.05, 4.69) is 49.8 Å². The van der Waals surface area contributed by atoms with Gasteiger partial charge in [-0.1, -0.05) is 49.2 Å². The van der Waals surface area contributed by atoms with E-state index >= 15 is 0 Å². The molecule has 2 aromatic carbocycles. The molecule has 6 heterocycles. The van der Waals surface area contributed by atoms with Crippen molar-refractivity contribution in [3.8, 4) is 34.4 Å². The number of nitrogens with one attached hydrogen (secondary N) is 2. The predicted octanol–water partition coefficient (Wildman–Crippen LogP) is 7.11. The first-order valence-corrected chi connectivity index (χ1v) is 26.7. The molecule has 2 aliphatic rings. The van der Waals surface area contributed by atoms with Crippen molar-refractivity contribution >= 4 is 55.1 Å². The lowest BCUT2D eigenvalue weighted by molar-refractivity contribution is 0.117. The number of ether oxygens (including phenoxy) is 6. The van der Waals surface area contributed by atoms with E-state index in [-0.39, 0.29) is 35.9 Å². The van der Waals surface area contributed by atoms with E-state index in [4.69, 9.17) is 51.6 Å². The fraction of sp³-hybridized carbons (Fsp3) is 0.478. The van der Waals surface area contributed by atoms with Gasteiger partial charge >= 0.3 is 0 Å². The predicted molar refractivity (Wildman–Crippen MR) is 269 cm³/mol. The molecule has 2 fully saturated rings. The summed E-state index contributed by atoms with van der Waals surface area (Å²) in [5.41, 5.74) is 0.974. The first-order valence-electron chi connectivity index (χ1n) is 22.9. The highest BCUT2D eigenvalue weighted by Crippen LogP contribution is 2.42. The number of para-hydroxylation sites is 2. The molecular weight excluding hydrogens is 1020 g/mol. The van der Waals surface area contributed by atoms with E-state index in [1.54, 1.807) is 73.2 Å². The quantitative estimate of drug-likeness (QED) is 0.0869. The Morgan fingerprint density at radius 2 is 0.889 bits per heavy atom. The summed E-state index contributed by atoms with van der Waals surface area (Å²) in [7, 11) is -1.80. The molecule has 0 spiro atoms. The number of rotatable bonds is 18. The molecule has 2 saturated heterocycles. The van der Waals surface area contributed by atoms with Crippen molar-refractivity contribution in [2.75, 3.05) is 51.1 Å². The molecular formula is C46H58Cl2N12O10S2. The normalized spacial score (nSPS) is 19.6. The molecule has 0 saturated carbocycles. The number of methoxy groups -OCH3 is 4. The van der Waals surface area contributed by atoms with Crippen molar-refractivity contribution in [3.05, 3.63) is 94.5 Å². The van der Waals surface area contributed by atoms with E-state index in [0.29, 0.717) is 93.8 Å². The average molecular weight is 1070 g/mol. The summed E-state index contributed by atoms with van der Waals surface area (Å²) < 4.78 is 96.5. The monoisotopic (exact) mass is 1070 g/mol. The van der Waals surface area contributed by atoms with Crippen LogP contribution in [-0.4, -0.2) is 131 Å². The highest BCUT2D eigenvalue weighted by molar-refractivity contribution is 7.93. The van der Waals surface area contributed by atoms with Crippen LogP contribution in [0.15, 0.2) is 61.2 Å². The van der Waals surface area contributed by atoms with Gasteiger partial charge in [-0.15, -0.1) is 20.4 Å². The summed E-state index contributed by atoms with van der Waals surface area (Å²) in [5, 5.41) is 16.2. The number of hydrogen-bond acceptors (Lipinski definition) is 18. The first-order chi connectivity index (χ1) is 34.3. The third kappa shape index (κ3) is 11.3. The van der Waals surface area contributed by atoms with Crippen molar-refractivity contribution in [3.63, 3.8) is 0 Å². The Labute approximate surface area is 428 Å². The zero-order valence-corrected chi connectivity index (χ0v) is 44.5. The fourth-order valence-electron chi connectivity index (χ4n) is 8.40. The highest BCUT2D eigenvalue weighted by atomic mass is 35.5. The van der Waals surface area contributed by atoms with Crippen molar-refractivity contribution in [1.29, 1.82) is 0 Å². The summed E-state index contributed by atoms with van der Waals surface area (Å²) in [6.07, 6.45) is 6.93. The number of anilines is 2. The fourth-order valence-corrected chi connectivity index (χ4v) is 11.1. The van der Waals surface area contributed by atoms with Crippen LogP contribution in [0, 0.1) is 0 Å². The van der Waals surface area contributed by atoms with Gasteiger partial charge in [0.1, 0.15) is 57.7 Å². The highest BCUT2D eigenvalue weighted by Gasteiger charge is 2.38. The lowest BCUT2D eigenvalue weighted by Crippen LogP contribution is -2.31. The van der Waals surface area contributed by atoms with Crippen LogP contribution < -0.4 is 28.4 Å². The van der Waals surface area contributed by atoms with Gasteiger partial charge in [-0.25, -0.2) is 36.8 Å². The van der Waals surface area contributed by atoms with Crippen molar-refractivity contribution < 1.29 is 45.3 Å². The van der Waals surface area contributed by atoms with E-state index in [1.165, 1.54) is 53.2 Å². The Hall–Kier alpha value is -5.92. The number of nitrogens with zero attached hydrogens (tertiary/aromatic N) is 10. The molecule has 0 amide bonds. The van der Waals surface area contributed by atoms with Gasteiger partial charge < -0.3 is 28.4 Å². The molecule has 0 aliphatic carbocycles. The molecule has 2 aliphatic heterocycles. The molecule has 4 aromatic heterocycles. The average Bonchev–Trinajstić information content (AvgIpc) is 4.19. The second-order valence-corrected chi connectivity index (χ2v) is 22.1. The number of halogens is 2. The Morgan fingerprint density at radius 3 is 1.17 bits per heavy atom. The van der Waals surface area contributed by atoms with Crippen molar-refractivity contribution in [2.45, 2.75) is 101 Å². The summed E-state index contributed by atoms with van der Waals surface area (Å²) in [6, 6.07) is 10.6. The Kier molecular flexibility index (Phi) is 17.1. The SMILES string of the molecule is COc1cccc(OC)c1-n1c(NS(=O)(=O)[C@@H](C)[C@H](C)c2ncc(Cl)cn2)nnc1[C@@H]1CCO[C@@H]1C.COc1cccc(OC)c1-n1c(NS(=O)(=O)[C@@H](C)[C@H](C)c2ncc(Cl)cn2)nnc1[C@H]1CCO[C@H]1C. The smallest absolute Gasteiger partial charge is 0.243 e. The second kappa shape index (κ2) is 22.9. The molecule has 0 radical (unpaired) electrons. The van der Waals surface area contributed by atoms with E-state index in [1.807, 2.05) is 13.8 Å². The topological polar surface area (TPSA) is 261 Å². The maximum absolute atomic E-state index is 13.5. The van der Waals surface area contributed by atoms with Gasteiger partial charge in [0.25, 0.3) is 0 Å². The second-order valence-electron chi connectivity index (χ2n) is 17.2. The molecule has 0 unspecified atom stereocenters. The molecule has 26 heteroatoms. The Bertz CT molecular complexity index is 2790. The minimum atomic E-state index is -3.96. The maximum Gasteiger partial charge on any atom is 0.243 e. The lowest BCUT2D eigenvalue weighted by atomic mass is 10.0. The number of benzene rings is 2. The van der Waals surface area contributed by atoms with E-state index < -0.39 is 42.4 Å². The Morgan fingerprint density at radius 1 is 0.569 bits per heavy atom.